The van der Waals surface area contributed by atoms with Crippen LogP contribution in [0.4, 0.5) is 14.5 Å². The summed E-state index contributed by atoms with van der Waals surface area (Å²) >= 11 is 0. The number of halogens is 2. The first-order chi connectivity index (χ1) is 19.7. The third kappa shape index (κ3) is 6.05. The van der Waals surface area contributed by atoms with Crippen LogP contribution in [0.3, 0.4) is 0 Å². The number of amides is 1. The van der Waals surface area contributed by atoms with Crippen LogP contribution >= 0.6 is 0 Å². The van der Waals surface area contributed by atoms with Crippen LogP contribution in [0, 0.1) is 17.0 Å². The molecule has 3 aromatic carbocycles. The van der Waals surface area contributed by atoms with Crippen LogP contribution in [0.1, 0.15) is 49.0 Å². The molecule has 0 unspecified atom stereocenters. The lowest BCUT2D eigenvalue weighted by atomic mass is 9.77. The molecule has 0 atom stereocenters. The maximum atomic E-state index is 14.8. The van der Waals surface area contributed by atoms with Gasteiger partial charge >= 0.3 is 5.97 Å². The van der Waals surface area contributed by atoms with Crippen LogP contribution < -0.4 is 14.4 Å². The third-order valence-corrected chi connectivity index (χ3v) is 7.99. The van der Waals surface area contributed by atoms with E-state index in [0.29, 0.717) is 49.8 Å². The molecule has 0 aliphatic carbocycles. The van der Waals surface area contributed by atoms with Gasteiger partial charge < -0.3 is 19.5 Å². The van der Waals surface area contributed by atoms with E-state index in [0.717, 1.165) is 55.4 Å². The van der Waals surface area contributed by atoms with E-state index in [2.05, 4.69) is 4.90 Å². The highest BCUT2D eigenvalue weighted by Crippen LogP contribution is 2.44. The Labute approximate surface area is 238 Å². The van der Waals surface area contributed by atoms with E-state index in [1.54, 1.807) is 17.0 Å². The molecule has 9 heteroatoms. The van der Waals surface area contributed by atoms with E-state index in [-0.39, 0.29) is 22.4 Å². The number of rotatable bonds is 9. The monoisotopic (exact) mass is 564 g/mol. The lowest BCUT2D eigenvalue weighted by Crippen LogP contribution is -2.41. The minimum absolute atomic E-state index is 0.0596. The first kappa shape index (κ1) is 28.5. The van der Waals surface area contributed by atoms with Crippen molar-refractivity contribution < 1.29 is 33.0 Å². The second-order valence-corrected chi connectivity index (χ2v) is 10.7. The van der Waals surface area contributed by atoms with Gasteiger partial charge in [-0.2, -0.15) is 0 Å². The highest BCUT2D eigenvalue weighted by molar-refractivity contribution is 5.97. The van der Waals surface area contributed by atoms with Crippen molar-refractivity contribution in [2.75, 3.05) is 37.7 Å². The van der Waals surface area contributed by atoms with Gasteiger partial charge in [-0.1, -0.05) is 0 Å². The van der Waals surface area contributed by atoms with E-state index in [1.807, 2.05) is 26.0 Å². The van der Waals surface area contributed by atoms with Gasteiger partial charge in [0.15, 0.2) is 0 Å². The Balaban J connectivity index is 1.31. The van der Waals surface area contributed by atoms with Gasteiger partial charge in [-0.3, -0.25) is 9.69 Å². The number of nitrogens with zero attached hydrogens (tertiary/aromatic N) is 2. The van der Waals surface area contributed by atoms with Crippen molar-refractivity contribution in [2.24, 2.45) is 5.41 Å². The fraction of sp³-hybridized carbons (Fsp3) is 0.375. The summed E-state index contributed by atoms with van der Waals surface area (Å²) in [7, 11) is 0. The summed E-state index contributed by atoms with van der Waals surface area (Å²) in [5, 5.41) is 9.16. The molecule has 2 fully saturated rings. The van der Waals surface area contributed by atoms with E-state index in [9.17, 15) is 18.4 Å². The molecule has 0 radical (unpaired) electrons. The number of hydrogen-bond donors (Lipinski definition) is 1. The highest BCUT2D eigenvalue weighted by atomic mass is 19.1. The number of carbonyl (C=O) groups is 2. The van der Waals surface area contributed by atoms with Gasteiger partial charge in [-0.05, 0) is 105 Å². The molecule has 2 heterocycles. The van der Waals surface area contributed by atoms with Crippen LogP contribution in [-0.4, -0.2) is 54.7 Å². The zero-order valence-electron chi connectivity index (χ0n) is 23.3. The predicted octanol–water partition coefficient (Wildman–Crippen LogP) is 6.15. The Hall–Kier alpha value is -3.98. The molecule has 5 rings (SSSR count). The van der Waals surface area contributed by atoms with E-state index >= 15 is 0 Å². The average Bonchev–Trinajstić information content (AvgIpc) is 3.27. The van der Waals surface area contributed by atoms with Crippen molar-refractivity contribution in [3.8, 4) is 22.6 Å². The SMILES string of the molecule is CCOc1cc(CN2CCC3(CC2)CC(=O)N(c2ccc(C(=O)O)cc2)C3)cc(OCC)c1-c1cc(F)ccc1F. The van der Waals surface area contributed by atoms with Gasteiger partial charge in [0.05, 0.1) is 24.3 Å². The van der Waals surface area contributed by atoms with Crippen LogP contribution in [0.5, 0.6) is 11.5 Å². The quantitative estimate of drug-likeness (QED) is 0.336. The zero-order valence-corrected chi connectivity index (χ0v) is 23.3. The lowest BCUT2D eigenvalue weighted by molar-refractivity contribution is -0.118. The molecular weight excluding hydrogens is 530 g/mol. The summed E-state index contributed by atoms with van der Waals surface area (Å²) in [5.41, 5.74) is 2.23. The van der Waals surface area contributed by atoms with Crippen molar-refractivity contribution in [1.29, 1.82) is 0 Å². The lowest BCUT2D eigenvalue weighted by Gasteiger charge is -2.39. The number of anilines is 1. The molecule has 7 nitrogen and oxygen atoms in total. The smallest absolute Gasteiger partial charge is 0.335 e. The zero-order chi connectivity index (χ0) is 29.1. The minimum atomic E-state index is -0.995. The third-order valence-electron chi connectivity index (χ3n) is 7.99. The normalized spacial score (nSPS) is 16.8. The number of piperidine rings is 1. The van der Waals surface area contributed by atoms with Crippen molar-refractivity contribution in [1.82, 2.24) is 4.90 Å². The Kier molecular flexibility index (Phi) is 8.26. The molecule has 2 aliphatic heterocycles. The van der Waals surface area contributed by atoms with Gasteiger partial charge in [-0.25, -0.2) is 13.6 Å². The van der Waals surface area contributed by atoms with E-state index < -0.39 is 17.6 Å². The van der Waals surface area contributed by atoms with Crippen molar-refractivity contribution in [3.05, 3.63) is 77.4 Å². The second-order valence-electron chi connectivity index (χ2n) is 10.7. The molecule has 1 spiro atoms. The number of aromatic carboxylic acids is 1. The highest BCUT2D eigenvalue weighted by Gasteiger charge is 2.45. The molecule has 3 aromatic rings. The van der Waals surface area contributed by atoms with Crippen LogP contribution in [-0.2, 0) is 11.3 Å². The van der Waals surface area contributed by atoms with Crippen molar-refractivity contribution >= 4 is 17.6 Å². The van der Waals surface area contributed by atoms with Gasteiger partial charge in [0.2, 0.25) is 5.91 Å². The second kappa shape index (κ2) is 11.9. The number of carbonyl (C=O) groups excluding carboxylic acids is 1. The Bertz CT molecular complexity index is 1410. The molecule has 2 aliphatic rings. The molecule has 0 aromatic heterocycles. The molecule has 1 amide bonds. The first-order valence-corrected chi connectivity index (χ1v) is 14.0. The van der Waals surface area contributed by atoms with Gasteiger partial charge in [0.1, 0.15) is 23.1 Å². The summed E-state index contributed by atoms with van der Waals surface area (Å²) in [5.74, 6) is -1.15. The number of carboxylic acids is 1. The summed E-state index contributed by atoms with van der Waals surface area (Å²) in [6.07, 6.45) is 2.18. The predicted molar refractivity (Wildman–Crippen MR) is 151 cm³/mol. The van der Waals surface area contributed by atoms with E-state index in [1.165, 1.54) is 12.1 Å². The number of likely N-dealkylation sites (tertiary alicyclic amines) is 1. The number of ether oxygens (including phenoxy) is 2. The topological polar surface area (TPSA) is 79.3 Å². The van der Waals surface area contributed by atoms with Crippen LogP contribution in [0.2, 0.25) is 0 Å². The fourth-order valence-corrected chi connectivity index (χ4v) is 5.92. The molecular formula is C32H34F2N2O5. The summed E-state index contributed by atoms with van der Waals surface area (Å²) in [4.78, 5) is 28.2. The first-order valence-electron chi connectivity index (χ1n) is 14.0. The maximum absolute atomic E-state index is 14.8. The summed E-state index contributed by atoms with van der Waals surface area (Å²) < 4.78 is 40.7. The van der Waals surface area contributed by atoms with Crippen LogP contribution in [0.25, 0.3) is 11.1 Å². The van der Waals surface area contributed by atoms with Gasteiger partial charge in [0.25, 0.3) is 0 Å². The Morgan fingerprint density at radius 1 is 0.951 bits per heavy atom. The molecule has 41 heavy (non-hydrogen) atoms. The molecule has 0 saturated carbocycles. The number of carboxylic acid groups (broad SMARTS) is 1. The van der Waals surface area contributed by atoms with Crippen molar-refractivity contribution in [2.45, 2.75) is 39.7 Å². The molecule has 1 N–H and O–H groups in total. The molecule has 2 saturated heterocycles. The van der Waals surface area contributed by atoms with Crippen molar-refractivity contribution in [3.63, 3.8) is 0 Å². The standard InChI is InChI=1S/C32H34F2N2O5/c1-3-40-27-15-21(16-28(41-4-2)30(27)25-17-23(33)7-10-26(25)34)19-35-13-11-32(12-14-35)18-29(37)36(20-32)24-8-5-22(6-9-24)31(38)39/h5-10,15-17H,3-4,11-14,18-20H2,1-2H3,(H,38,39). The van der Waals surface area contributed by atoms with E-state index in [4.69, 9.17) is 14.6 Å². The average molecular weight is 565 g/mol. The fourth-order valence-electron chi connectivity index (χ4n) is 5.92. The molecule has 0 bridgehead atoms. The summed E-state index contributed by atoms with van der Waals surface area (Å²) in [6, 6.07) is 13.5. The van der Waals surface area contributed by atoms with Gasteiger partial charge in [0, 0.05) is 30.8 Å². The van der Waals surface area contributed by atoms with Crippen LogP contribution in [0.15, 0.2) is 54.6 Å². The number of benzene rings is 3. The molecule has 216 valence electrons. The summed E-state index contributed by atoms with van der Waals surface area (Å²) in [6.45, 7) is 7.23. The van der Waals surface area contributed by atoms with Gasteiger partial charge in [-0.15, -0.1) is 0 Å². The largest absolute Gasteiger partial charge is 0.493 e. The minimum Gasteiger partial charge on any atom is -0.493 e. The number of hydrogen-bond acceptors (Lipinski definition) is 5. The Morgan fingerprint density at radius 3 is 2.17 bits per heavy atom. The Morgan fingerprint density at radius 2 is 1.59 bits per heavy atom. The maximum Gasteiger partial charge on any atom is 0.335 e.